The highest BCUT2D eigenvalue weighted by Crippen LogP contribution is 2.19. The molecule has 2 aromatic heterocycles. The molecule has 5 heteroatoms. The number of amides is 1. The van der Waals surface area contributed by atoms with E-state index in [1.165, 1.54) is 0 Å². The number of nitrogens with zero attached hydrogens (tertiary/aromatic N) is 2. The third-order valence-electron chi connectivity index (χ3n) is 3.12. The summed E-state index contributed by atoms with van der Waals surface area (Å²) in [4.78, 5) is 12.0. The second-order valence-electron chi connectivity index (χ2n) is 4.62. The molecule has 0 bridgehead atoms. The Hall–Kier alpha value is -2.82. The van der Waals surface area contributed by atoms with Crippen molar-refractivity contribution in [3.8, 4) is 11.3 Å². The van der Waals surface area contributed by atoms with E-state index in [9.17, 15) is 4.79 Å². The molecule has 0 atom stereocenters. The maximum absolute atomic E-state index is 12.0. The lowest BCUT2D eigenvalue weighted by atomic mass is 10.1. The van der Waals surface area contributed by atoms with Gasteiger partial charge >= 0.3 is 0 Å². The molecule has 0 saturated carbocycles. The van der Waals surface area contributed by atoms with E-state index in [1.54, 1.807) is 6.07 Å². The van der Waals surface area contributed by atoms with E-state index in [-0.39, 0.29) is 5.91 Å². The van der Waals surface area contributed by atoms with Gasteiger partial charge in [-0.15, -0.1) is 0 Å². The molecule has 21 heavy (non-hydrogen) atoms. The van der Waals surface area contributed by atoms with Crippen molar-refractivity contribution < 1.29 is 9.32 Å². The first-order valence-corrected chi connectivity index (χ1v) is 6.74. The lowest BCUT2D eigenvalue weighted by Crippen LogP contribution is -2.27. The average molecular weight is 281 g/mol. The van der Waals surface area contributed by atoms with Crippen LogP contribution < -0.4 is 5.32 Å². The van der Waals surface area contributed by atoms with Gasteiger partial charge in [0.25, 0.3) is 5.91 Å². The van der Waals surface area contributed by atoms with Crippen LogP contribution in [0.15, 0.2) is 65.4 Å². The lowest BCUT2D eigenvalue weighted by molar-refractivity contribution is 0.0943. The van der Waals surface area contributed by atoms with E-state index in [0.29, 0.717) is 18.0 Å². The molecular formula is C16H15N3O2. The molecular weight excluding hydrogens is 266 g/mol. The van der Waals surface area contributed by atoms with Gasteiger partial charge in [-0.3, -0.25) is 4.79 Å². The first-order valence-electron chi connectivity index (χ1n) is 6.74. The second kappa shape index (κ2) is 6.09. The summed E-state index contributed by atoms with van der Waals surface area (Å²) in [5, 5.41) is 6.63. The highest BCUT2D eigenvalue weighted by atomic mass is 16.5. The number of hydrogen-bond donors (Lipinski definition) is 1. The summed E-state index contributed by atoms with van der Waals surface area (Å²) in [6.45, 7) is 1.27. The summed E-state index contributed by atoms with van der Waals surface area (Å²) in [6, 6.07) is 15.1. The zero-order chi connectivity index (χ0) is 14.5. The monoisotopic (exact) mass is 281 g/mol. The molecule has 0 aliphatic rings. The standard InChI is InChI=1S/C16H15N3O2/c20-16(17-8-11-19-9-4-5-10-19)14-12-15(21-18-14)13-6-2-1-3-7-13/h1-7,9-10,12H,8,11H2,(H,17,20). The number of nitrogens with one attached hydrogen (secondary N) is 1. The summed E-state index contributed by atoms with van der Waals surface area (Å²) in [5.41, 5.74) is 1.19. The molecule has 1 amide bonds. The highest BCUT2D eigenvalue weighted by molar-refractivity contribution is 5.93. The molecule has 1 aromatic carbocycles. The predicted molar refractivity (Wildman–Crippen MR) is 78.7 cm³/mol. The molecule has 0 spiro atoms. The van der Waals surface area contributed by atoms with Gasteiger partial charge in [0.2, 0.25) is 0 Å². The Bertz CT molecular complexity index is 702. The molecule has 1 N–H and O–H groups in total. The van der Waals surface area contributed by atoms with Crippen LogP contribution in [0.3, 0.4) is 0 Å². The van der Waals surface area contributed by atoms with E-state index < -0.39 is 0 Å². The maximum Gasteiger partial charge on any atom is 0.273 e. The molecule has 5 nitrogen and oxygen atoms in total. The second-order valence-corrected chi connectivity index (χ2v) is 4.62. The van der Waals surface area contributed by atoms with E-state index in [0.717, 1.165) is 12.1 Å². The van der Waals surface area contributed by atoms with Gasteiger partial charge < -0.3 is 14.4 Å². The molecule has 0 unspecified atom stereocenters. The van der Waals surface area contributed by atoms with E-state index in [2.05, 4.69) is 10.5 Å². The maximum atomic E-state index is 12.0. The van der Waals surface area contributed by atoms with Crippen LogP contribution in [-0.4, -0.2) is 22.2 Å². The summed E-state index contributed by atoms with van der Waals surface area (Å²) in [5.74, 6) is 0.360. The summed E-state index contributed by atoms with van der Waals surface area (Å²) >= 11 is 0. The third kappa shape index (κ3) is 3.20. The highest BCUT2D eigenvalue weighted by Gasteiger charge is 2.12. The fourth-order valence-corrected chi connectivity index (χ4v) is 2.03. The first kappa shape index (κ1) is 13.2. The Labute approximate surface area is 122 Å². The fourth-order valence-electron chi connectivity index (χ4n) is 2.03. The molecule has 0 aliphatic carbocycles. The Morgan fingerprint density at radius 1 is 1.14 bits per heavy atom. The Morgan fingerprint density at radius 3 is 2.67 bits per heavy atom. The van der Waals surface area contributed by atoms with Crippen LogP contribution >= 0.6 is 0 Å². The molecule has 3 rings (SSSR count). The number of rotatable bonds is 5. The number of hydrogen-bond acceptors (Lipinski definition) is 3. The average Bonchev–Trinajstić information content (AvgIpc) is 3.20. The van der Waals surface area contributed by atoms with Gasteiger partial charge in [-0.25, -0.2) is 0 Å². The smallest absolute Gasteiger partial charge is 0.273 e. The van der Waals surface area contributed by atoms with Crippen LogP contribution in [0.1, 0.15) is 10.5 Å². The SMILES string of the molecule is O=C(NCCn1cccc1)c1cc(-c2ccccc2)on1. The minimum Gasteiger partial charge on any atom is -0.355 e. The molecule has 0 aliphatic heterocycles. The van der Waals surface area contributed by atoms with Crippen molar-refractivity contribution in [3.05, 3.63) is 66.6 Å². The zero-order valence-electron chi connectivity index (χ0n) is 11.4. The van der Waals surface area contributed by atoms with Crippen LogP contribution in [-0.2, 0) is 6.54 Å². The number of carbonyl (C=O) groups excluding carboxylic acids is 1. The lowest BCUT2D eigenvalue weighted by Gasteiger charge is -2.03. The Kier molecular flexibility index (Phi) is 3.82. The summed E-state index contributed by atoms with van der Waals surface area (Å²) in [6.07, 6.45) is 3.91. The molecule has 3 aromatic rings. The Balaban J connectivity index is 1.59. The third-order valence-corrected chi connectivity index (χ3v) is 3.12. The summed E-state index contributed by atoms with van der Waals surface area (Å²) < 4.78 is 7.21. The zero-order valence-corrected chi connectivity index (χ0v) is 11.4. The van der Waals surface area contributed by atoms with Gasteiger partial charge in [0.05, 0.1) is 0 Å². The van der Waals surface area contributed by atoms with Crippen LogP contribution in [0.4, 0.5) is 0 Å². The van der Waals surface area contributed by atoms with E-state index >= 15 is 0 Å². The van der Waals surface area contributed by atoms with Gasteiger partial charge in [0.15, 0.2) is 11.5 Å². The summed E-state index contributed by atoms with van der Waals surface area (Å²) in [7, 11) is 0. The number of carbonyl (C=O) groups is 1. The van der Waals surface area contributed by atoms with Gasteiger partial charge in [0, 0.05) is 37.1 Å². The normalized spacial score (nSPS) is 10.5. The van der Waals surface area contributed by atoms with Crippen molar-refractivity contribution in [2.24, 2.45) is 0 Å². The largest absolute Gasteiger partial charge is 0.355 e. The molecule has 0 fully saturated rings. The topological polar surface area (TPSA) is 60.1 Å². The van der Waals surface area contributed by atoms with Gasteiger partial charge in [-0.2, -0.15) is 0 Å². The quantitative estimate of drug-likeness (QED) is 0.782. The fraction of sp³-hybridized carbons (Fsp3) is 0.125. The Morgan fingerprint density at radius 2 is 1.90 bits per heavy atom. The van der Waals surface area contributed by atoms with E-state index in [4.69, 9.17) is 4.52 Å². The van der Waals surface area contributed by atoms with E-state index in [1.807, 2.05) is 59.4 Å². The first-order chi connectivity index (χ1) is 10.3. The van der Waals surface area contributed by atoms with Crippen LogP contribution in [0.25, 0.3) is 11.3 Å². The van der Waals surface area contributed by atoms with Gasteiger partial charge in [-0.05, 0) is 12.1 Å². The van der Waals surface area contributed by atoms with Gasteiger partial charge in [0.1, 0.15) is 0 Å². The molecule has 0 radical (unpaired) electrons. The van der Waals surface area contributed by atoms with Crippen molar-refractivity contribution in [2.75, 3.05) is 6.54 Å². The van der Waals surface area contributed by atoms with Crippen molar-refractivity contribution >= 4 is 5.91 Å². The minimum atomic E-state index is -0.229. The van der Waals surface area contributed by atoms with Crippen molar-refractivity contribution in [1.29, 1.82) is 0 Å². The molecule has 106 valence electrons. The predicted octanol–water partition coefficient (Wildman–Crippen LogP) is 2.57. The van der Waals surface area contributed by atoms with Crippen molar-refractivity contribution in [2.45, 2.75) is 6.54 Å². The van der Waals surface area contributed by atoms with Crippen LogP contribution in [0, 0.1) is 0 Å². The minimum absolute atomic E-state index is 0.229. The molecule has 0 saturated heterocycles. The van der Waals surface area contributed by atoms with Crippen molar-refractivity contribution in [3.63, 3.8) is 0 Å². The number of benzene rings is 1. The molecule has 2 heterocycles. The van der Waals surface area contributed by atoms with Crippen LogP contribution in [0.5, 0.6) is 0 Å². The van der Waals surface area contributed by atoms with Crippen molar-refractivity contribution in [1.82, 2.24) is 15.0 Å². The van der Waals surface area contributed by atoms with Gasteiger partial charge in [-0.1, -0.05) is 35.5 Å². The van der Waals surface area contributed by atoms with Crippen LogP contribution in [0.2, 0.25) is 0 Å². The number of aromatic nitrogens is 2.